The maximum atomic E-state index is 13.9. The Morgan fingerprint density at radius 3 is 2.32 bits per heavy atom. The maximum absolute atomic E-state index is 13.9. The van der Waals surface area contributed by atoms with Crippen molar-refractivity contribution in [2.45, 2.75) is 18.7 Å². The lowest BCUT2D eigenvalue weighted by Crippen LogP contribution is -3.15. The summed E-state index contributed by atoms with van der Waals surface area (Å²) in [5.41, 5.74) is 2.92. The SMILES string of the molecule is Cc1cc(C)cc(NC(=O)C[NH+]2CCN(S(=O)(=O)c3ccccc3F)CC2)c1. The third kappa shape index (κ3) is 4.76. The minimum atomic E-state index is -3.86. The number of anilines is 1. The summed E-state index contributed by atoms with van der Waals surface area (Å²) in [5.74, 6) is -0.851. The van der Waals surface area contributed by atoms with Crippen LogP contribution in [0.4, 0.5) is 10.1 Å². The molecular formula is C20H25FN3O3S+. The molecule has 0 unspecified atom stereocenters. The number of aryl methyl sites for hydroxylation is 2. The van der Waals surface area contributed by atoms with Crippen molar-refractivity contribution in [1.82, 2.24) is 4.31 Å². The first kappa shape index (κ1) is 20.4. The van der Waals surface area contributed by atoms with E-state index in [2.05, 4.69) is 5.32 Å². The number of quaternary nitrogens is 1. The van der Waals surface area contributed by atoms with E-state index in [4.69, 9.17) is 0 Å². The van der Waals surface area contributed by atoms with Crippen LogP contribution in [0.3, 0.4) is 0 Å². The molecule has 0 saturated carbocycles. The molecule has 1 saturated heterocycles. The van der Waals surface area contributed by atoms with Gasteiger partial charge in [-0.3, -0.25) is 4.79 Å². The quantitative estimate of drug-likeness (QED) is 0.778. The van der Waals surface area contributed by atoms with Gasteiger partial charge in [0.1, 0.15) is 10.7 Å². The van der Waals surface area contributed by atoms with Gasteiger partial charge in [-0.05, 0) is 49.2 Å². The lowest BCUT2D eigenvalue weighted by molar-refractivity contribution is -0.895. The molecule has 1 amide bonds. The molecule has 1 fully saturated rings. The van der Waals surface area contributed by atoms with Crippen molar-refractivity contribution in [3.05, 3.63) is 59.4 Å². The lowest BCUT2D eigenvalue weighted by atomic mass is 10.1. The molecule has 28 heavy (non-hydrogen) atoms. The second-order valence-corrected chi connectivity index (χ2v) is 9.09. The van der Waals surface area contributed by atoms with E-state index in [0.29, 0.717) is 13.1 Å². The van der Waals surface area contributed by atoms with E-state index in [-0.39, 0.29) is 30.4 Å². The summed E-state index contributed by atoms with van der Waals surface area (Å²) in [6.45, 7) is 5.71. The topological polar surface area (TPSA) is 70.9 Å². The fourth-order valence-corrected chi connectivity index (χ4v) is 5.00. The van der Waals surface area contributed by atoms with Gasteiger partial charge in [-0.1, -0.05) is 18.2 Å². The Kier molecular flexibility index (Phi) is 6.12. The average molecular weight is 407 g/mol. The van der Waals surface area contributed by atoms with Gasteiger partial charge in [0.25, 0.3) is 5.91 Å². The number of piperazine rings is 1. The molecule has 0 aliphatic carbocycles. The number of benzene rings is 2. The number of nitrogens with zero attached hydrogens (tertiary/aromatic N) is 1. The molecule has 0 aromatic heterocycles. The van der Waals surface area contributed by atoms with E-state index < -0.39 is 15.8 Å². The van der Waals surface area contributed by atoms with Gasteiger partial charge in [0, 0.05) is 5.69 Å². The van der Waals surface area contributed by atoms with E-state index in [1.165, 1.54) is 22.5 Å². The molecule has 1 aliphatic heterocycles. The third-order valence-electron chi connectivity index (χ3n) is 4.80. The predicted molar refractivity (Wildman–Crippen MR) is 105 cm³/mol. The molecule has 0 bridgehead atoms. The number of amides is 1. The molecule has 2 aromatic carbocycles. The summed E-state index contributed by atoms with van der Waals surface area (Å²) in [4.78, 5) is 13.0. The van der Waals surface area contributed by atoms with Gasteiger partial charge in [0.2, 0.25) is 10.0 Å². The Morgan fingerprint density at radius 1 is 1.11 bits per heavy atom. The van der Waals surface area contributed by atoms with Gasteiger partial charge in [-0.25, -0.2) is 12.8 Å². The van der Waals surface area contributed by atoms with Crippen LogP contribution in [0.2, 0.25) is 0 Å². The van der Waals surface area contributed by atoms with E-state index >= 15 is 0 Å². The number of hydrogen-bond acceptors (Lipinski definition) is 3. The average Bonchev–Trinajstić information content (AvgIpc) is 2.61. The van der Waals surface area contributed by atoms with E-state index in [0.717, 1.165) is 27.8 Å². The number of hydrogen-bond donors (Lipinski definition) is 2. The number of sulfonamides is 1. The number of halogens is 1. The monoisotopic (exact) mass is 406 g/mol. The van der Waals surface area contributed by atoms with Crippen LogP contribution in [0.1, 0.15) is 11.1 Å². The van der Waals surface area contributed by atoms with Crippen LogP contribution in [-0.2, 0) is 14.8 Å². The van der Waals surface area contributed by atoms with Gasteiger partial charge in [0.15, 0.2) is 6.54 Å². The third-order valence-corrected chi connectivity index (χ3v) is 6.73. The van der Waals surface area contributed by atoms with Crippen LogP contribution in [0.5, 0.6) is 0 Å². The molecule has 6 nitrogen and oxygen atoms in total. The van der Waals surface area contributed by atoms with Crippen molar-refractivity contribution in [2.24, 2.45) is 0 Å². The summed E-state index contributed by atoms with van der Waals surface area (Å²) in [6, 6.07) is 11.3. The largest absolute Gasteiger partial charge is 0.325 e. The number of carbonyl (C=O) groups excluding carboxylic acids is 1. The molecular weight excluding hydrogens is 381 g/mol. The highest BCUT2D eigenvalue weighted by Crippen LogP contribution is 2.18. The van der Waals surface area contributed by atoms with Crippen molar-refractivity contribution in [1.29, 1.82) is 0 Å². The highest BCUT2D eigenvalue weighted by Gasteiger charge is 2.32. The minimum Gasteiger partial charge on any atom is -0.325 e. The summed E-state index contributed by atoms with van der Waals surface area (Å²) < 4.78 is 40.5. The van der Waals surface area contributed by atoms with Crippen molar-refractivity contribution in [2.75, 3.05) is 38.0 Å². The van der Waals surface area contributed by atoms with Crippen LogP contribution in [0.15, 0.2) is 47.4 Å². The van der Waals surface area contributed by atoms with Gasteiger partial charge in [-0.2, -0.15) is 4.31 Å². The Balaban J connectivity index is 1.56. The summed E-state index contributed by atoms with van der Waals surface area (Å²) >= 11 is 0. The summed E-state index contributed by atoms with van der Waals surface area (Å²) in [5, 5.41) is 2.90. The zero-order chi connectivity index (χ0) is 20.3. The Bertz CT molecular complexity index is 950. The first-order valence-electron chi connectivity index (χ1n) is 9.22. The summed E-state index contributed by atoms with van der Waals surface area (Å²) in [6.07, 6.45) is 0. The van der Waals surface area contributed by atoms with Crippen LogP contribution in [-0.4, -0.2) is 51.4 Å². The number of nitrogens with one attached hydrogen (secondary N) is 2. The number of carbonyl (C=O) groups is 1. The maximum Gasteiger partial charge on any atom is 0.279 e. The van der Waals surface area contributed by atoms with Crippen molar-refractivity contribution >= 4 is 21.6 Å². The molecule has 150 valence electrons. The molecule has 0 radical (unpaired) electrons. The Hall–Kier alpha value is -2.29. The highest BCUT2D eigenvalue weighted by atomic mass is 32.2. The summed E-state index contributed by atoms with van der Waals surface area (Å²) in [7, 11) is -3.86. The molecule has 3 rings (SSSR count). The van der Waals surface area contributed by atoms with Crippen molar-refractivity contribution in [3.63, 3.8) is 0 Å². The van der Waals surface area contributed by atoms with Gasteiger partial charge >= 0.3 is 0 Å². The molecule has 8 heteroatoms. The Labute approximate surface area is 165 Å². The van der Waals surface area contributed by atoms with E-state index in [9.17, 15) is 17.6 Å². The minimum absolute atomic E-state index is 0.106. The fourth-order valence-electron chi connectivity index (χ4n) is 3.49. The Morgan fingerprint density at radius 2 is 1.71 bits per heavy atom. The highest BCUT2D eigenvalue weighted by molar-refractivity contribution is 7.89. The van der Waals surface area contributed by atoms with Crippen LogP contribution in [0, 0.1) is 19.7 Å². The van der Waals surface area contributed by atoms with Gasteiger partial charge in [-0.15, -0.1) is 0 Å². The zero-order valence-electron chi connectivity index (χ0n) is 16.0. The second kappa shape index (κ2) is 8.38. The smallest absolute Gasteiger partial charge is 0.279 e. The molecule has 0 atom stereocenters. The first-order chi connectivity index (χ1) is 13.3. The molecule has 2 aromatic rings. The molecule has 1 aliphatic rings. The second-order valence-electron chi connectivity index (χ2n) is 7.19. The van der Waals surface area contributed by atoms with E-state index in [1.54, 1.807) is 0 Å². The standard InChI is InChI=1S/C20H24FN3O3S/c1-15-11-16(2)13-17(12-15)22-20(25)14-23-7-9-24(10-8-23)28(26,27)19-6-4-3-5-18(19)21/h3-6,11-13H,7-10,14H2,1-2H3,(H,22,25)/p+1. The molecule has 1 heterocycles. The number of rotatable bonds is 5. The fraction of sp³-hybridized carbons (Fsp3) is 0.350. The van der Waals surface area contributed by atoms with Crippen LogP contribution in [0.25, 0.3) is 0 Å². The van der Waals surface area contributed by atoms with Crippen LogP contribution >= 0.6 is 0 Å². The molecule has 2 N–H and O–H groups in total. The predicted octanol–water partition coefficient (Wildman–Crippen LogP) is 0.970. The van der Waals surface area contributed by atoms with Crippen molar-refractivity contribution in [3.8, 4) is 0 Å². The van der Waals surface area contributed by atoms with Crippen molar-refractivity contribution < 1.29 is 22.5 Å². The first-order valence-corrected chi connectivity index (χ1v) is 10.7. The van der Waals surface area contributed by atoms with Crippen LogP contribution < -0.4 is 10.2 Å². The zero-order valence-corrected chi connectivity index (χ0v) is 16.9. The lowest BCUT2D eigenvalue weighted by Gasteiger charge is -2.31. The van der Waals surface area contributed by atoms with E-state index in [1.807, 2.05) is 32.0 Å². The van der Waals surface area contributed by atoms with Gasteiger partial charge in [0.05, 0.1) is 26.2 Å². The normalized spacial score (nSPS) is 16.1. The molecule has 0 spiro atoms. The van der Waals surface area contributed by atoms with Gasteiger partial charge < -0.3 is 10.2 Å².